The summed E-state index contributed by atoms with van der Waals surface area (Å²) in [7, 11) is -3.51. The Bertz CT molecular complexity index is 1010. The third-order valence-electron chi connectivity index (χ3n) is 3.30. The highest BCUT2D eigenvalue weighted by atomic mass is 32.2. The largest absolute Gasteiger partial charge is 0.365 e. The maximum absolute atomic E-state index is 11.6. The average Bonchev–Trinajstić information content (AvgIpc) is 3.20. The van der Waals surface area contributed by atoms with Crippen LogP contribution in [0.3, 0.4) is 0 Å². The van der Waals surface area contributed by atoms with Gasteiger partial charge in [0.1, 0.15) is 9.90 Å². The molecule has 3 rings (SSSR count). The second kappa shape index (κ2) is 6.65. The van der Waals surface area contributed by atoms with Gasteiger partial charge in [0.2, 0.25) is 0 Å². The predicted octanol–water partition coefficient (Wildman–Crippen LogP) is 3.33. The molecule has 3 aromatic rings. The summed E-state index contributed by atoms with van der Waals surface area (Å²) in [6.45, 7) is 0.168. The minimum atomic E-state index is -3.51. The highest BCUT2D eigenvalue weighted by Crippen LogP contribution is 2.37. The highest BCUT2D eigenvalue weighted by Gasteiger charge is 2.23. The van der Waals surface area contributed by atoms with Crippen LogP contribution in [0, 0.1) is 10.1 Å². The maximum atomic E-state index is 11.6. The molecule has 0 aliphatic carbocycles. The summed E-state index contributed by atoms with van der Waals surface area (Å²) in [5.41, 5.74) is 1.13. The highest BCUT2D eigenvalue weighted by molar-refractivity contribution is 7.92. The van der Waals surface area contributed by atoms with Crippen LogP contribution < -0.4 is 5.32 Å². The molecule has 2 heterocycles. The predicted molar refractivity (Wildman–Crippen MR) is 93.3 cm³/mol. The molecule has 25 heavy (non-hydrogen) atoms. The van der Waals surface area contributed by atoms with E-state index in [2.05, 4.69) is 10.5 Å². The lowest BCUT2D eigenvalue weighted by molar-refractivity contribution is -0.383. The lowest BCUT2D eigenvalue weighted by Gasteiger charge is -1.99. The molecule has 1 aromatic carbocycles. The first-order valence-electron chi connectivity index (χ1n) is 7.08. The molecule has 8 nitrogen and oxygen atoms in total. The Kier molecular flexibility index (Phi) is 4.55. The Hall–Kier alpha value is -2.72. The summed E-state index contributed by atoms with van der Waals surface area (Å²) in [6, 6.07) is 12.2. The van der Waals surface area contributed by atoms with E-state index < -0.39 is 14.8 Å². The minimum absolute atomic E-state index is 0.0631. The summed E-state index contributed by atoms with van der Waals surface area (Å²) < 4.78 is 28.4. The number of thiophene rings is 1. The molecule has 0 amide bonds. The second-order valence-electron chi connectivity index (χ2n) is 5.21. The van der Waals surface area contributed by atoms with Gasteiger partial charge in [-0.1, -0.05) is 46.8 Å². The van der Waals surface area contributed by atoms with Crippen molar-refractivity contribution in [3.63, 3.8) is 0 Å². The standard InChI is InChI=1S/C15H13N3O5S2/c1-25(21,22)14-8-12(18(19)20)15(24-14)16-9-11-7-13(23-17-11)10-5-3-2-4-6-10/h2-8,16H,9H2,1H3. The molecular formula is C15H13N3O5S2. The van der Waals surface area contributed by atoms with Gasteiger partial charge in [-0.25, -0.2) is 8.42 Å². The maximum Gasteiger partial charge on any atom is 0.304 e. The van der Waals surface area contributed by atoms with E-state index in [4.69, 9.17) is 4.52 Å². The van der Waals surface area contributed by atoms with E-state index in [0.29, 0.717) is 11.5 Å². The lowest BCUT2D eigenvalue weighted by atomic mass is 10.2. The lowest BCUT2D eigenvalue weighted by Crippen LogP contribution is -2.00. The third-order valence-corrected chi connectivity index (χ3v) is 6.18. The zero-order chi connectivity index (χ0) is 18.0. The number of sulfone groups is 1. The summed E-state index contributed by atoms with van der Waals surface area (Å²) >= 11 is 0.818. The number of rotatable bonds is 6. The number of aromatic nitrogens is 1. The first-order chi connectivity index (χ1) is 11.8. The van der Waals surface area contributed by atoms with E-state index in [0.717, 1.165) is 29.2 Å². The van der Waals surface area contributed by atoms with E-state index in [1.54, 1.807) is 6.07 Å². The van der Waals surface area contributed by atoms with Gasteiger partial charge in [-0.2, -0.15) is 0 Å². The molecular weight excluding hydrogens is 366 g/mol. The molecule has 0 aliphatic rings. The zero-order valence-electron chi connectivity index (χ0n) is 13.0. The molecule has 0 radical (unpaired) electrons. The smallest absolute Gasteiger partial charge is 0.304 e. The van der Waals surface area contributed by atoms with Gasteiger partial charge < -0.3 is 9.84 Å². The van der Waals surface area contributed by atoms with Crippen molar-refractivity contribution >= 4 is 31.9 Å². The van der Waals surface area contributed by atoms with Crippen molar-refractivity contribution in [3.8, 4) is 11.3 Å². The Morgan fingerprint density at radius 2 is 2.00 bits per heavy atom. The first kappa shape index (κ1) is 17.1. The molecule has 0 saturated carbocycles. The monoisotopic (exact) mass is 379 g/mol. The van der Waals surface area contributed by atoms with E-state index in [9.17, 15) is 18.5 Å². The average molecular weight is 379 g/mol. The van der Waals surface area contributed by atoms with Gasteiger partial charge in [-0.05, 0) is 0 Å². The Morgan fingerprint density at radius 3 is 2.64 bits per heavy atom. The summed E-state index contributed by atoms with van der Waals surface area (Å²) in [5, 5.41) is 18.0. The Morgan fingerprint density at radius 1 is 1.28 bits per heavy atom. The van der Waals surface area contributed by atoms with Gasteiger partial charge in [0.15, 0.2) is 20.6 Å². The van der Waals surface area contributed by atoms with E-state index >= 15 is 0 Å². The summed E-state index contributed by atoms with van der Waals surface area (Å²) in [4.78, 5) is 10.5. The van der Waals surface area contributed by atoms with Crippen molar-refractivity contribution in [2.45, 2.75) is 10.8 Å². The van der Waals surface area contributed by atoms with Crippen LogP contribution in [0.5, 0.6) is 0 Å². The quantitative estimate of drug-likeness (QED) is 0.516. The topological polar surface area (TPSA) is 115 Å². The number of hydrogen-bond donors (Lipinski definition) is 1. The second-order valence-corrected chi connectivity index (χ2v) is 8.51. The van der Waals surface area contributed by atoms with Gasteiger partial charge in [-0.3, -0.25) is 10.1 Å². The van der Waals surface area contributed by atoms with Crippen molar-refractivity contribution in [2.75, 3.05) is 11.6 Å². The molecule has 10 heteroatoms. The van der Waals surface area contributed by atoms with Crippen LogP contribution in [0.1, 0.15) is 5.69 Å². The number of hydrogen-bond acceptors (Lipinski definition) is 8. The third kappa shape index (κ3) is 3.86. The summed E-state index contributed by atoms with van der Waals surface area (Å²) in [6.07, 6.45) is 1.01. The molecule has 0 unspecified atom stereocenters. The van der Waals surface area contributed by atoms with E-state index in [1.807, 2.05) is 30.3 Å². The van der Waals surface area contributed by atoms with Crippen LogP contribution in [0.25, 0.3) is 11.3 Å². The van der Waals surface area contributed by atoms with Crippen LogP contribution in [0.4, 0.5) is 10.7 Å². The molecule has 0 spiro atoms. The van der Waals surface area contributed by atoms with Gasteiger partial charge in [-0.15, -0.1) is 0 Å². The fraction of sp³-hybridized carbons (Fsp3) is 0.133. The Balaban J connectivity index is 1.79. The van der Waals surface area contributed by atoms with Gasteiger partial charge in [0.25, 0.3) is 0 Å². The van der Waals surface area contributed by atoms with Crippen molar-refractivity contribution in [2.24, 2.45) is 0 Å². The normalized spacial score (nSPS) is 11.4. The molecule has 0 bridgehead atoms. The number of benzene rings is 1. The van der Waals surface area contributed by atoms with Crippen LogP contribution in [-0.4, -0.2) is 24.8 Å². The number of nitrogens with zero attached hydrogens (tertiary/aromatic N) is 2. The van der Waals surface area contributed by atoms with Gasteiger partial charge in [0, 0.05) is 24.0 Å². The number of anilines is 1. The molecule has 0 aliphatic heterocycles. The SMILES string of the molecule is CS(=O)(=O)c1cc([N+](=O)[O-])c(NCc2cc(-c3ccccc3)on2)s1. The van der Waals surface area contributed by atoms with Crippen LogP contribution >= 0.6 is 11.3 Å². The number of nitrogens with one attached hydrogen (secondary N) is 1. The zero-order valence-corrected chi connectivity index (χ0v) is 14.6. The van der Waals surface area contributed by atoms with Crippen molar-refractivity contribution in [3.05, 3.63) is 58.3 Å². The van der Waals surface area contributed by atoms with Crippen LogP contribution in [0.2, 0.25) is 0 Å². The number of nitro groups is 1. The van der Waals surface area contributed by atoms with Crippen LogP contribution in [-0.2, 0) is 16.4 Å². The first-order valence-corrected chi connectivity index (χ1v) is 9.78. The molecule has 0 atom stereocenters. The van der Waals surface area contributed by atoms with E-state index in [-0.39, 0.29) is 21.4 Å². The molecule has 2 aromatic heterocycles. The fourth-order valence-electron chi connectivity index (χ4n) is 2.11. The Labute approximate surface area is 147 Å². The van der Waals surface area contributed by atoms with Crippen molar-refractivity contribution in [1.82, 2.24) is 5.16 Å². The van der Waals surface area contributed by atoms with Gasteiger partial charge >= 0.3 is 5.69 Å². The van der Waals surface area contributed by atoms with Crippen LogP contribution in [0.15, 0.2) is 51.2 Å². The van der Waals surface area contributed by atoms with E-state index in [1.165, 1.54) is 0 Å². The molecule has 130 valence electrons. The molecule has 1 N–H and O–H groups in total. The molecule has 0 fully saturated rings. The summed E-state index contributed by atoms with van der Waals surface area (Å²) in [5.74, 6) is 0.579. The van der Waals surface area contributed by atoms with Gasteiger partial charge in [0.05, 0.1) is 11.5 Å². The van der Waals surface area contributed by atoms with Crippen molar-refractivity contribution < 1.29 is 17.9 Å². The van der Waals surface area contributed by atoms with Crippen molar-refractivity contribution in [1.29, 1.82) is 0 Å². The molecule has 0 saturated heterocycles. The fourth-order valence-corrected chi connectivity index (χ4v) is 4.04. The minimum Gasteiger partial charge on any atom is -0.365 e.